The summed E-state index contributed by atoms with van der Waals surface area (Å²) in [6.45, 7) is 1.10. The second kappa shape index (κ2) is 3.82. The van der Waals surface area contributed by atoms with Crippen molar-refractivity contribution < 1.29 is 9.52 Å². The van der Waals surface area contributed by atoms with Crippen molar-refractivity contribution in [2.75, 3.05) is 13.2 Å². The zero-order valence-electron chi connectivity index (χ0n) is 7.16. The Bertz CT molecular complexity index is 287. The number of halogens is 1. The molecule has 2 rings (SSSR count). The Balaban J connectivity index is 2.03. The molecule has 0 saturated carbocycles. The van der Waals surface area contributed by atoms with Crippen LogP contribution in [0.15, 0.2) is 21.2 Å². The maximum absolute atomic E-state index is 8.93. The lowest BCUT2D eigenvalue weighted by molar-refractivity contribution is 0.254. The molecule has 13 heavy (non-hydrogen) atoms. The Kier molecular flexibility index (Phi) is 2.71. The first-order valence-electron chi connectivity index (χ1n) is 4.39. The van der Waals surface area contributed by atoms with E-state index in [2.05, 4.69) is 21.2 Å². The third-order valence-corrected chi connectivity index (χ3v) is 2.86. The minimum absolute atomic E-state index is 0.207. The molecule has 1 saturated heterocycles. The van der Waals surface area contributed by atoms with Crippen molar-refractivity contribution >= 4 is 15.9 Å². The van der Waals surface area contributed by atoms with Gasteiger partial charge in [0.25, 0.3) is 0 Å². The highest BCUT2D eigenvalue weighted by molar-refractivity contribution is 9.10. The van der Waals surface area contributed by atoms with Crippen molar-refractivity contribution in [1.82, 2.24) is 5.32 Å². The lowest BCUT2D eigenvalue weighted by atomic mass is 10.0. The predicted octanol–water partition coefficient (Wildman–Crippen LogP) is 1.48. The van der Waals surface area contributed by atoms with Gasteiger partial charge >= 0.3 is 0 Å². The molecule has 0 aliphatic carbocycles. The zero-order chi connectivity index (χ0) is 9.26. The van der Waals surface area contributed by atoms with Gasteiger partial charge in [0.15, 0.2) is 4.67 Å². The Labute approximate surface area is 85.3 Å². The van der Waals surface area contributed by atoms with E-state index in [9.17, 15) is 0 Å². The number of aliphatic hydroxyl groups excluding tert-OH is 1. The van der Waals surface area contributed by atoms with Crippen molar-refractivity contribution in [2.24, 2.45) is 0 Å². The molecule has 3 nitrogen and oxygen atoms in total. The molecule has 2 heterocycles. The van der Waals surface area contributed by atoms with Crippen LogP contribution in [0.3, 0.4) is 0 Å². The fraction of sp³-hybridized carbons (Fsp3) is 0.556. The van der Waals surface area contributed by atoms with Crippen LogP contribution in [0.2, 0.25) is 0 Å². The van der Waals surface area contributed by atoms with Gasteiger partial charge in [0.05, 0.1) is 6.61 Å². The molecule has 0 amide bonds. The van der Waals surface area contributed by atoms with Crippen molar-refractivity contribution in [3.63, 3.8) is 0 Å². The lowest BCUT2D eigenvalue weighted by Crippen LogP contribution is -2.24. The maximum Gasteiger partial charge on any atom is 0.169 e. The molecule has 2 atom stereocenters. The molecular weight excluding hydrogens is 234 g/mol. The molecule has 4 heteroatoms. The fourth-order valence-electron chi connectivity index (χ4n) is 1.72. The molecular formula is C9H12BrNO2. The van der Waals surface area contributed by atoms with Gasteiger partial charge in [-0.25, -0.2) is 0 Å². The lowest BCUT2D eigenvalue weighted by Gasteiger charge is -2.04. The largest absolute Gasteiger partial charge is 0.454 e. The van der Waals surface area contributed by atoms with E-state index in [4.69, 9.17) is 9.52 Å². The summed E-state index contributed by atoms with van der Waals surface area (Å²) < 4.78 is 6.23. The monoisotopic (exact) mass is 245 g/mol. The average Bonchev–Trinajstić information content (AvgIpc) is 2.71. The first-order valence-corrected chi connectivity index (χ1v) is 5.18. The zero-order valence-corrected chi connectivity index (χ0v) is 8.75. The smallest absolute Gasteiger partial charge is 0.169 e. The quantitative estimate of drug-likeness (QED) is 0.830. The van der Waals surface area contributed by atoms with Gasteiger partial charge < -0.3 is 14.8 Å². The second-order valence-corrected chi connectivity index (χ2v) is 4.14. The van der Waals surface area contributed by atoms with Gasteiger partial charge in [0, 0.05) is 18.5 Å². The Morgan fingerprint density at radius 1 is 1.62 bits per heavy atom. The molecule has 1 aromatic heterocycles. The highest BCUT2D eigenvalue weighted by atomic mass is 79.9. The van der Waals surface area contributed by atoms with Gasteiger partial charge in [-0.3, -0.25) is 0 Å². The van der Waals surface area contributed by atoms with E-state index in [-0.39, 0.29) is 12.6 Å². The number of aliphatic hydroxyl groups is 1. The first-order chi connectivity index (χ1) is 6.29. The summed E-state index contributed by atoms with van der Waals surface area (Å²) in [5.41, 5.74) is 0. The molecule has 72 valence electrons. The van der Waals surface area contributed by atoms with Gasteiger partial charge in [-0.05, 0) is 34.5 Å². The van der Waals surface area contributed by atoms with Crippen molar-refractivity contribution in [3.8, 4) is 0 Å². The number of rotatable bonds is 2. The van der Waals surface area contributed by atoms with Crippen LogP contribution in [0.5, 0.6) is 0 Å². The summed E-state index contributed by atoms with van der Waals surface area (Å²) in [4.78, 5) is 0. The molecule has 1 aliphatic rings. The maximum atomic E-state index is 8.93. The highest BCUT2D eigenvalue weighted by Gasteiger charge is 2.26. The summed E-state index contributed by atoms with van der Waals surface area (Å²) >= 11 is 3.27. The molecule has 1 fully saturated rings. The van der Waals surface area contributed by atoms with E-state index in [0.29, 0.717) is 5.92 Å². The van der Waals surface area contributed by atoms with Crippen LogP contribution in [-0.4, -0.2) is 24.3 Å². The van der Waals surface area contributed by atoms with Gasteiger partial charge in [0.2, 0.25) is 0 Å². The Hall–Kier alpha value is -0.320. The molecule has 0 bridgehead atoms. The molecule has 2 N–H and O–H groups in total. The minimum atomic E-state index is 0.207. The molecule has 1 aromatic rings. The molecule has 0 spiro atoms. The first kappa shape index (κ1) is 9.24. The number of furan rings is 1. The second-order valence-electron chi connectivity index (χ2n) is 3.36. The predicted molar refractivity (Wildman–Crippen MR) is 52.6 cm³/mol. The molecule has 2 unspecified atom stereocenters. The van der Waals surface area contributed by atoms with E-state index in [1.54, 1.807) is 0 Å². The van der Waals surface area contributed by atoms with E-state index < -0.39 is 0 Å². The normalized spacial score (nSPS) is 28.2. The minimum Gasteiger partial charge on any atom is -0.454 e. The Morgan fingerprint density at radius 3 is 3.00 bits per heavy atom. The van der Waals surface area contributed by atoms with E-state index >= 15 is 0 Å². The van der Waals surface area contributed by atoms with E-state index in [0.717, 1.165) is 23.4 Å². The third kappa shape index (κ3) is 1.95. The van der Waals surface area contributed by atoms with Crippen LogP contribution in [0, 0.1) is 0 Å². The number of hydrogen-bond donors (Lipinski definition) is 2. The summed E-state index contributed by atoms with van der Waals surface area (Å²) in [7, 11) is 0. The van der Waals surface area contributed by atoms with Crippen LogP contribution < -0.4 is 5.32 Å². The fourth-order valence-corrected chi connectivity index (χ4v) is 2.04. The van der Waals surface area contributed by atoms with E-state index in [1.807, 2.05) is 12.1 Å². The van der Waals surface area contributed by atoms with Crippen molar-refractivity contribution in [3.05, 3.63) is 22.6 Å². The summed E-state index contributed by atoms with van der Waals surface area (Å²) in [5, 5.41) is 12.2. The van der Waals surface area contributed by atoms with Crippen molar-refractivity contribution in [1.29, 1.82) is 0 Å². The van der Waals surface area contributed by atoms with Crippen LogP contribution in [0.25, 0.3) is 0 Å². The van der Waals surface area contributed by atoms with E-state index in [1.165, 1.54) is 0 Å². The van der Waals surface area contributed by atoms with Gasteiger partial charge in [-0.2, -0.15) is 0 Å². The van der Waals surface area contributed by atoms with Gasteiger partial charge in [-0.15, -0.1) is 0 Å². The summed E-state index contributed by atoms with van der Waals surface area (Å²) in [5.74, 6) is 1.40. The topological polar surface area (TPSA) is 45.4 Å². The third-order valence-electron chi connectivity index (χ3n) is 2.44. The highest BCUT2D eigenvalue weighted by Crippen LogP contribution is 2.28. The van der Waals surface area contributed by atoms with Crippen LogP contribution in [-0.2, 0) is 0 Å². The van der Waals surface area contributed by atoms with Gasteiger partial charge in [-0.1, -0.05) is 0 Å². The molecule has 0 aromatic carbocycles. The SMILES string of the molecule is OCC1CC(c2ccc(Br)o2)CN1. The van der Waals surface area contributed by atoms with Crippen LogP contribution in [0.1, 0.15) is 18.1 Å². The summed E-state index contributed by atoms with van der Waals surface area (Å²) in [6.07, 6.45) is 0.955. The number of nitrogens with one attached hydrogen (secondary N) is 1. The molecule has 1 aliphatic heterocycles. The average molecular weight is 246 g/mol. The summed E-state index contributed by atoms with van der Waals surface area (Å²) in [6, 6.07) is 4.12. The standard InChI is InChI=1S/C9H12BrNO2/c10-9-2-1-8(13-9)6-3-7(5-12)11-4-6/h1-2,6-7,11-12H,3-5H2. The van der Waals surface area contributed by atoms with Gasteiger partial charge in [0.1, 0.15) is 5.76 Å². The van der Waals surface area contributed by atoms with Crippen LogP contribution in [0.4, 0.5) is 0 Å². The van der Waals surface area contributed by atoms with Crippen LogP contribution >= 0.6 is 15.9 Å². The van der Waals surface area contributed by atoms with Crippen molar-refractivity contribution in [2.45, 2.75) is 18.4 Å². The Morgan fingerprint density at radius 2 is 2.46 bits per heavy atom. The molecule has 0 radical (unpaired) electrons. The number of hydrogen-bond acceptors (Lipinski definition) is 3.